The Labute approximate surface area is 150 Å². The van der Waals surface area contributed by atoms with Gasteiger partial charge in [0.15, 0.2) is 5.82 Å². The van der Waals surface area contributed by atoms with Gasteiger partial charge in [-0.25, -0.2) is 9.97 Å². The topological polar surface area (TPSA) is 25.8 Å². The van der Waals surface area contributed by atoms with E-state index < -0.39 is 0 Å². The Balaban J connectivity index is 2.70. The molecule has 0 aliphatic heterocycles. The zero-order valence-corrected chi connectivity index (χ0v) is 16.4. The number of aromatic nitrogens is 2. The summed E-state index contributed by atoms with van der Waals surface area (Å²) in [4.78, 5) is 9.06. The third-order valence-corrected chi connectivity index (χ3v) is 5.23. The molecule has 2 rings (SSSR count). The summed E-state index contributed by atoms with van der Waals surface area (Å²) in [6, 6.07) is 5.52. The van der Waals surface area contributed by atoms with Gasteiger partial charge in [-0.05, 0) is 40.8 Å². The van der Waals surface area contributed by atoms with Gasteiger partial charge in [-0.3, -0.25) is 0 Å². The van der Waals surface area contributed by atoms with Crippen LogP contribution in [0.2, 0.25) is 10.2 Å². The van der Waals surface area contributed by atoms with Gasteiger partial charge in [-0.1, -0.05) is 59.9 Å². The van der Waals surface area contributed by atoms with Crippen LogP contribution in [0, 0.1) is 3.57 Å². The zero-order chi connectivity index (χ0) is 15.1. The molecule has 1 aromatic carbocycles. The third-order valence-electron chi connectivity index (χ3n) is 2.69. The van der Waals surface area contributed by atoms with E-state index in [-0.39, 0.29) is 5.41 Å². The molecule has 20 heavy (non-hydrogen) atoms. The molecule has 1 heterocycles. The maximum atomic E-state index is 6.26. The number of nitrogens with zero attached hydrogens (tertiary/aromatic N) is 2. The van der Waals surface area contributed by atoms with Gasteiger partial charge in [-0.15, -0.1) is 0 Å². The molecular weight excluding hydrogens is 474 g/mol. The second-order valence-electron chi connectivity index (χ2n) is 5.37. The van der Waals surface area contributed by atoms with Gasteiger partial charge in [0.05, 0.1) is 9.26 Å². The normalized spacial score (nSPS) is 11.8. The minimum Gasteiger partial charge on any atom is -0.231 e. The molecule has 0 atom stereocenters. The predicted molar refractivity (Wildman–Crippen MR) is 96.6 cm³/mol. The van der Waals surface area contributed by atoms with Crippen molar-refractivity contribution in [3.8, 4) is 11.4 Å². The second kappa shape index (κ2) is 6.07. The number of benzene rings is 1. The molecule has 0 spiro atoms. The molecule has 2 aromatic rings. The highest BCUT2D eigenvalue weighted by atomic mass is 127. The average molecular weight is 486 g/mol. The Morgan fingerprint density at radius 1 is 1.15 bits per heavy atom. The summed E-state index contributed by atoms with van der Waals surface area (Å²) in [7, 11) is 0. The summed E-state index contributed by atoms with van der Waals surface area (Å²) < 4.78 is 1.78. The molecule has 0 radical (unpaired) electrons. The summed E-state index contributed by atoms with van der Waals surface area (Å²) >= 11 is 18.0. The Morgan fingerprint density at radius 3 is 2.40 bits per heavy atom. The smallest absolute Gasteiger partial charge is 0.162 e. The van der Waals surface area contributed by atoms with Gasteiger partial charge < -0.3 is 0 Å². The third kappa shape index (κ3) is 3.46. The van der Waals surface area contributed by atoms with Crippen LogP contribution in [0.15, 0.2) is 22.7 Å². The first-order chi connectivity index (χ1) is 9.20. The highest BCUT2D eigenvalue weighted by molar-refractivity contribution is 14.1. The van der Waals surface area contributed by atoms with E-state index in [1.807, 2.05) is 18.2 Å². The molecule has 2 nitrogen and oxygen atoms in total. The number of hydrogen-bond donors (Lipinski definition) is 0. The lowest BCUT2D eigenvalue weighted by Gasteiger charge is -2.20. The van der Waals surface area contributed by atoms with Crippen LogP contribution >= 0.6 is 61.7 Å². The summed E-state index contributed by atoms with van der Waals surface area (Å²) in [5.74, 6) is 0.578. The summed E-state index contributed by atoms with van der Waals surface area (Å²) in [6.07, 6.45) is 0. The van der Waals surface area contributed by atoms with E-state index in [1.54, 1.807) is 0 Å². The second-order valence-corrected chi connectivity index (χ2v) is 8.10. The maximum absolute atomic E-state index is 6.26. The SMILES string of the molecule is CC(C)(C)c1nc(-c2cc(Cl)ccc2Br)nc(Cl)c1I. The molecule has 0 fully saturated rings. The van der Waals surface area contributed by atoms with E-state index in [0.717, 1.165) is 19.3 Å². The number of hydrogen-bond acceptors (Lipinski definition) is 2. The molecule has 0 bridgehead atoms. The monoisotopic (exact) mass is 484 g/mol. The van der Waals surface area contributed by atoms with E-state index in [0.29, 0.717) is 16.0 Å². The highest BCUT2D eigenvalue weighted by Gasteiger charge is 2.23. The van der Waals surface area contributed by atoms with Gasteiger partial charge in [0.1, 0.15) is 5.15 Å². The van der Waals surface area contributed by atoms with Crippen LogP contribution in [0.25, 0.3) is 11.4 Å². The van der Waals surface area contributed by atoms with Gasteiger partial charge in [0, 0.05) is 20.5 Å². The van der Waals surface area contributed by atoms with Gasteiger partial charge in [0.25, 0.3) is 0 Å². The summed E-state index contributed by atoms with van der Waals surface area (Å²) in [6.45, 7) is 6.31. The lowest BCUT2D eigenvalue weighted by molar-refractivity contribution is 0.563. The van der Waals surface area contributed by atoms with E-state index >= 15 is 0 Å². The predicted octanol–water partition coefficient (Wildman–Crippen LogP) is 6.12. The van der Waals surface area contributed by atoms with E-state index in [4.69, 9.17) is 23.2 Å². The number of halogens is 4. The molecule has 106 valence electrons. The largest absolute Gasteiger partial charge is 0.231 e. The van der Waals surface area contributed by atoms with Crippen LogP contribution in [0.4, 0.5) is 0 Å². The van der Waals surface area contributed by atoms with Crippen LogP contribution < -0.4 is 0 Å². The Bertz CT molecular complexity index is 669. The Morgan fingerprint density at radius 2 is 1.80 bits per heavy atom. The molecule has 0 unspecified atom stereocenters. The highest BCUT2D eigenvalue weighted by Crippen LogP contribution is 2.34. The molecule has 0 aliphatic carbocycles. The lowest BCUT2D eigenvalue weighted by atomic mass is 9.92. The van der Waals surface area contributed by atoms with Gasteiger partial charge in [0.2, 0.25) is 0 Å². The molecule has 0 N–H and O–H groups in total. The molecule has 0 saturated heterocycles. The first kappa shape index (κ1) is 16.5. The van der Waals surface area contributed by atoms with E-state index in [9.17, 15) is 0 Å². The van der Waals surface area contributed by atoms with E-state index in [2.05, 4.69) is 69.3 Å². The molecule has 0 amide bonds. The van der Waals surface area contributed by atoms with E-state index in [1.165, 1.54) is 0 Å². The summed E-state index contributed by atoms with van der Waals surface area (Å²) in [5, 5.41) is 1.10. The minimum atomic E-state index is -0.108. The quantitative estimate of drug-likeness (QED) is 0.359. The fraction of sp³-hybridized carbons (Fsp3) is 0.286. The fourth-order valence-corrected chi connectivity index (χ4v) is 3.52. The van der Waals surface area contributed by atoms with Crippen molar-refractivity contribution in [3.63, 3.8) is 0 Å². The van der Waals surface area contributed by atoms with Crippen molar-refractivity contribution in [2.75, 3.05) is 0 Å². The van der Waals surface area contributed by atoms with Gasteiger partial charge >= 0.3 is 0 Å². The standard InChI is InChI=1S/C14H12BrCl2IN2/c1-14(2,3)11-10(18)12(17)20-13(19-11)8-6-7(16)4-5-9(8)15/h4-6H,1-3H3. The molecular formula is C14H12BrCl2IN2. The first-order valence-electron chi connectivity index (χ1n) is 5.89. The Hall–Kier alpha value is 0.0900. The number of rotatable bonds is 1. The maximum Gasteiger partial charge on any atom is 0.162 e. The minimum absolute atomic E-state index is 0.108. The molecule has 0 saturated carbocycles. The molecule has 6 heteroatoms. The van der Waals surface area contributed by atoms with Crippen LogP contribution in [0.1, 0.15) is 26.5 Å². The fourth-order valence-electron chi connectivity index (χ4n) is 1.71. The van der Waals surface area contributed by atoms with Crippen molar-refractivity contribution in [1.82, 2.24) is 9.97 Å². The van der Waals surface area contributed by atoms with Crippen LogP contribution in [-0.2, 0) is 5.41 Å². The van der Waals surface area contributed by atoms with Crippen LogP contribution in [-0.4, -0.2) is 9.97 Å². The molecule has 1 aromatic heterocycles. The van der Waals surface area contributed by atoms with Crippen molar-refractivity contribution in [2.45, 2.75) is 26.2 Å². The van der Waals surface area contributed by atoms with Crippen molar-refractivity contribution < 1.29 is 0 Å². The van der Waals surface area contributed by atoms with Crippen molar-refractivity contribution in [1.29, 1.82) is 0 Å². The Kier molecular flexibility index (Phi) is 4.99. The van der Waals surface area contributed by atoms with Crippen molar-refractivity contribution >= 4 is 61.7 Å². The van der Waals surface area contributed by atoms with Crippen molar-refractivity contribution in [2.24, 2.45) is 0 Å². The first-order valence-corrected chi connectivity index (χ1v) is 8.52. The lowest BCUT2D eigenvalue weighted by Crippen LogP contribution is -2.17. The van der Waals surface area contributed by atoms with Gasteiger partial charge in [-0.2, -0.15) is 0 Å². The van der Waals surface area contributed by atoms with Crippen LogP contribution in [0.5, 0.6) is 0 Å². The van der Waals surface area contributed by atoms with Crippen molar-refractivity contribution in [3.05, 3.63) is 42.1 Å². The molecule has 0 aliphatic rings. The summed E-state index contributed by atoms with van der Waals surface area (Å²) in [5.41, 5.74) is 1.66. The average Bonchev–Trinajstić information content (AvgIpc) is 2.34. The zero-order valence-electron chi connectivity index (χ0n) is 11.1. The van der Waals surface area contributed by atoms with Crippen LogP contribution in [0.3, 0.4) is 0 Å².